The predicted molar refractivity (Wildman–Crippen MR) is 107 cm³/mol. The van der Waals surface area contributed by atoms with E-state index in [1.54, 1.807) is 55.5 Å². The van der Waals surface area contributed by atoms with Crippen molar-refractivity contribution >= 4 is 11.8 Å². The fourth-order valence-electron chi connectivity index (χ4n) is 2.99. The molecule has 148 valence electrons. The van der Waals surface area contributed by atoms with Gasteiger partial charge in [0.15, 0.2) is 0 Å². The highest BCUT2D eigenvalue weighted by Crippen LogP contribution is 2.23. The van der Waals surface area contributed by atoms with E-state index in [-0.39, 0.29) is 42.7 Å². The van der Waals surface area contributed by atoms with Crippen LogP contribution in [0.2, 0.25) is 0 Å². The molecule has 0 aliphatic rings. The van der Waals surface area contributed by atoms with Crippen LogP contribution in [0, 0.1) is 10.1 Å². The number of hydrogen-bond acceptors (Lipinski definition) is 4. The molecule has 2 amide bonds. The molecule has 0 radical (unpaired) electrons. The van der Waals surface area contributed by atoms with E-state index in [2.05, 4.69) is 10.6 Å². The van der Waals surface area contributed by atoms with E-state index in [9.17, 15) is 19.7 Å². The summed E-state index contributed by atoms with van der Waals surface area (Å²) in [7, 11) is 0. The van der Waals surface area contributed by atoms with Crippen LogP contribution in [0.4, 0.5) is 0 Å². The van der Waals surface area contributed by atoms with Gasteiger partial charge in [0.2, 0.25) is 5.54 Å². The zero-order valence-electron chi connectivity index (χ0n) is 15.9. The molecule has 7 nitrogen and oxygen atoms in total. The number of carbonyl (C=O) groups excluding carboxylic acids is 2. The van der Waals surface area contributed by atoms with Crippen LogP contribution in [0.1, 0.15) is 46.9 Å². The Morgan fingerprint density at radius 3 is 1.57 bits per heavy atom. The van der Waals surface area contributed by atoms with Gasteiger partial charge in [-0.1, -0.05) is 43.3 Å². The minimum atomic E-state index is -1.20. The summed E-state index contributed by atoms with van der Waals surface area (Å²) in [5.41, 5.74) is -0.171. The number of hydrogen-bond donors (Lipinski definition) is 2. The molecular formula is C21H25N3O4. The Balaban J connectivity index is 1.89. The van der Waals surface area contributed by atoms with E-state index in [4.69, 9.17) is 0 Å². The number of carbonyl (C=O) groups is 2. The number of nitro groups is 1. The lowest BCUT2D eigenvalue weighted by molar-refractivity contribution is -0.572. The van der Waals surface area contributed by atoms with Crippen LogP contribution in [0.5, 0.6) is 0 Å². The first kappa shape index (κ1) is 21.1. The first-order chi connectivity index (χ1) is 13.5. The molecule has 2 rings (SSSR count). The summed E-state index contributed by atoms with van der Waals surface area (Å²) in [5, 5.41) is 17.2. The van der Waals surface area contributed by atoms with Crippen molar-refractivity contribution < 1.29 is 14.5 Å². The lowest BCUT2D eigenvalue weighted by atomic mass is 9.89. The summed E-state index contributed by atoms with van der Waals surface area (Å²) in [6.07, 6.45) is 0.689. The van der Waals surface area contributed by atoms with E-state index in [0.29, 0.717) is 17.5 Å². The molecule has 0 aliphatic heterocycles. The minimum absolute atomic E-state index is 0.190. The van der Waals surface area contributed by atoms with Crippen LogP contribution in [-0.2, 0) is 0 Å². The fourth-order valence-corrected chi connectivity index (χ4v) is 2.99. The zero-order valence-corrected chi connectivity index (χ0v) is 15.9. The van der Waals surface area contributed by atoms with Crippen molar-refractivity contribution in [2.45, 2.75) is 31.7 Å². The number of amides is 2. The number of nitrogens with one attached hydrogen (secondary N) is 2. The summed E-state index contributed by atoms with van der Waals surface area (Å²) in [4.78, 5) is 35.7. The lowest BCUT2D eigenvalue weighted by Crippen LogP contribution is -2.44. The summed E-state index contributed by atoms with van der Waals surface area (Å²) < 4.78 is 0. The first-order valence-corrected chi connectivity index (χ1v) is 9.29. The Hall–Kier alpha value is -3.22. The van der Waals surface area contributed by atoms with Gasteiger partial charge in [0.25, 0.3) is 11.8 Å². The van der Waals surface area contributed by atoms with E-state index in [1.807, 2.05) is 12.1 Å². The monoisotopic (exact) mass is 383 g/mol. The highest BCUT2D eigenvalue weighted by atomic mass is 16.6. The molecule has 2 aromatic carbocycles. The Kier molecular flexibility index (Phi) is 7.68. The maximum atomic E-state index is 12.1. The second-order valence-electron chi connectivity index (χ2n) is 6.58. The summed E-state index contributed by atoms with van der Waals surface area (Å²) in [6, 6.07) is 17.4. The average molecular weight is 383 g/mol. The van der Waals surface area contributed by atoms with Gasteiger partial charge in [-0.15, -0.1) is 0 Å². The van der Waals surface area contributed by atoms with Crippen molar-refractivity contribution in [2.24, 2.45) is 0 Å². The van der Waals surface area contributed by atoms with Gasteiger partial charge < -0.3 is 10.6 Å². The molecule has 0 unspecified atom stereocenters. The molecule has 28 heavy (non-hydrogen) atoms. The maximum Gasteiger partial charge on any atom is 0.251 e. The molecule has 0 bridgehead atoms. The van der Waals surface area contributed by atoms with Gasteiger partial charge in [0.1, 0.15) is 0 Å². The summed E-state index contributed by atoms with van der Waals surface area (Å²) in [5.74, 6) is -0.516. The van der Waals surface area contributed by atoms with Crippen LogP contribution in [-0.4, -0.2) is 35.4 Å². The third-order valence-electron chi connectivity index (χ3n) is 4.87. The van der Waals surface area contributed by atoms with Crippen LogP contribution in [0.15, 0.2) is 60.7 Å². The van der Waals surface area contributed by atoms with Crippen LogP contribution >= 0.6 is 0 Å². The van der Waals surface area contributed by atoms with Crippen molar-refractivity contribution in [3.63, 3.8) is 0 Å². The quantitative estimate of drug-likeness (QED) is 0.486. The maximum absolute atomic E-state index is 12.1. The lowest BCUT2D eigenvalue weighted by Gasteiger charge is -2.24. The molecule has 0 spiro atoms. The van der Waals surface area contributed by atoms with E-state index < -0.39 is 5.54 Å². The van der Waals surface area contributed by atoms with Crippen LogP contribution in [0.3, 0.4) is 0 Å². The average Bonchev–Trinajstić information content (AvgIpc) is 2.73. The zero-order chi connectivity index (χ0) is 20.4. The van der Waals surface area contributed by atoms with Crippen LogP contribution < -0.4 is 10.6 Å². The van der Waals surface area contributed by atoms with Crippen LogP contribution in [0.25, 0.3) is 0 Å². The largest absolute Gasteiger partial charge is 0.352 e. The Morgan fingerprint density at radius 2 is 1.25 bits per heavy atom. The fraction of sp³-hybridized carbons (Fsp3) is 0.333. The standard InChI is InChI=1S/C21H25N3O4/c1-2-21(24(27)28,13-15-22-19(25)17-9-5-3-6-10-17)14-16-23-20(26)18-11-7-4-8-12-18/h3-12H,2,13-16H2,1H3,(H,22,25)(H,23,26). The summed E-state index contributed by atoms with van der Waals surface area (Å²) in [6.45, 7) is 2.13. The Morgan fingerprint density at radius 1 is 0.857 bits per heavy atom. The van der Waals surface area contributed by atoms with Gasteiger partial charge in [-0.2, -0.15) is 0 Å². The second-order valence-corrected chi connectivity index (χ2v) is 6.58. The van der Waals surface area contributed by atoms with Crippen molar-refractivity contribution in [1.82, 2.24) is 10.6 Å². The molecule has 0 atom stereocenters. The Labute approximate surface area is 164 Å². The normalized spacial score (nSPS) is 10.9. The Bertz CT molecular complexity index is 736. The van der Waals surface area contributed by atoms with Gasteiger partial charge in [0.05, 0.1) is 0 Å². The van der Waals surface area contributed by atoms with Crippen molar-refractivity contribution in [1.29, 1.82) is 0 Å². The van der Waals surface area contributed by atoms with Crippen molar-refractivity contribution in [3.05, 3.63) is 81.9 Å². The van der Waals surface area contributed by atoms with E-state index in [1.165, 1.54) is 0 Å². The molecule has 0 aliphatic carbocycles. The predicted octanol–water partition coefficient (Wildman–Crippen LogP) is 3.05. The molecule has 0 heterocycles. The number of nitrogens with zero attached hydrogens (tertiary/aromatic N) is 1. The number of benzene rings is 2. The minimum Gasteiger partial charge on any atom is -0.352 e. The van der Waals surface area contributed by atoms with Gasteiger partial charge in [-0.3, -0.25) is 19.7 Å². The highest BCUT2D eigenvalue weighted by Gasteiger charge is 2.40. The molecule has 0 fully saturated rings. The van der Waals surface area contributed by atoms with Gasteiger partial charge in [0, 0.05) is 48.4 Å². The molecular weight excluding hydrogens is 358 g/mol. The molecule has 2 aromatic rings. The third-order valence-corrected chi connectivity index (χ3v) is 4.87. The van der Waals surface area contributed by atoms with E-state index in [0.717, 1.165) is 0 Å². The summed E-state index contributed by atoms with van der Waals surface area (Å²) >= 11 is 0. The molecule has 0 saturated heterocycles. The van der Waals surface area contributed by atoms with Crippen molar-refractivity contribution in [3.8, 4) is 0 Å². The SMILES string of the molecule is CCC(CCNC(=O)c1ccccc1)(CCNC(=O)c1ccccc1)[N+](=O)[O-]. The first-order valence-electron chi connectivity index (χ1n) is 9.29. The van der Waals surface area contributed by atoms with Gasteiger partial charge in [-0.25, -0.2) is 0 Å². The molecule has 7 heteroatoms. The van der Waals surface area contributed by atoms with Gasteiger partial charge in [-0.05, 0) is 24.3 Å². The molecule has 0 aromatic heterocycles. The second kappa shape index (κ2) is 10.2. The topological polar surface area (TPSA) is 101 Å². The van der Waals surface area contributed by atoms with E-state index >= 15 is 0 Å². The molecule has 0 saturated carbocycles. The third kappa shape index (κ3) is 5.64. The van der Waals surface area contributed by atoms with Crippen molar-refractivity contribution in [2.75, 3.05) is 13.1 Å². The van der Waals surface area contributed by atoms with Gasteiger partial charge >= 0.3 is 0 Å². The molecule has 2 N–H and O–H groups in total. The number of rotatable bonds is 10. The highest BCUT2D eigenvalue weighted by molar-refractivity contribution is 5.94. The smallest absolute Gasteiger partial charge is 0.251 e.